The van der Waals surface area contributed by atoms with E-state index in [0.717, 1.165) is 28.8 Å². The topological polar surface area (TPSA) is 81.2 Å². The number of thioether (sulfide) groups is 1. The van der Waals surface area contributed by atoms with Gasteiger partial charge in [0.1, 0.15) is 6.04 Å². The van der Waals surface area contributed by atoms with Crippen molar-refractivity contribution < 1.29 is 19.5 Å². The van der Waals surface area contributed by atoms with Crippen molar-refractivity contribution in [2.75, 3.05) is 31.1 Å². The van der Waals surface area contributed by atoms with Crippen molar-refractivity contribution in [1.82, 2.24) is 9.80 Å². The van der Waals surface area contributed by atoms with Crippen molar-refractivity contribution in [3.63, 3.8) is 0 Å². The summed E-state index contributed by atoms with van der Waals surface area (Å²) < 4.78 is -0.938. The standard InChI is InChI=1S/C33H37N3O4S/c1-4-17-34-18-9-15-25-26(30(34)38)27-31(39)36(24(20-37)23-13-6-5-7-14-23)29-32(40)35(19-10-16-33(27,29)41-25)28-21(2)11-8-12-22(28)3/h5-16,24-27,29,37H,4,17-20H2,1-3H3/t24-,25-,26+,27+,29?,33+/m1/s1. The number of nitrogens with zero attached hydrogens (tertiary/aromatic N) is 3. The summed E-state index contributed by atoms with van der Waals surface area (Å²) in [5, 5.41) is 10.5. The highest BCUT2D eigenvalue weighted by molar-refractivity contribution is 8.02. The van der Waals surface area contributed by atoms with Gasteiger partial charge in [0.2, 0.25) is 11.8 Å². The molecule has 1 N–H and O–H groups in total. The van der Waals surface area contributed by atoms with Gasteiger partial charge in [-0.05, 0) is 37.0 Å². The normalized spacial score (nSPS) is 29.8. The maximum atomic E-state index is 14.9. The Morgan fingerprint density at radius 3 is 2.37 bits per heavy atom. The molecule has 2 saturated heterocycles. The summed E-state index contributed by atoms with van der Waals surface area (Å²) in [7, 11) is 0. The summed E-state index contributed by atoms with van der Waals surface area (Å²) in [5.41, 5.74) is 3.57. The van der Waals surface area contributed by atoms with Crippen LogP contribution in [0.25, 0.3) is 0 Å². The zero-order valence-electron chi connectivity index (χ0n) is 23.8. The van der Waals surface area contributed by atoms with E-state index in [4.69, 9.17) is 0 Å². The van der Waals surface area contributed by atoms with Crippen LogP contribution in [0.5, 0.6) is 0 Å². The molecule has 0 aliphatic carbocycles. The second kappa shape index (κ2) is 10.8. The fraction of sp³-hybridized carbons (Fsp3) is 0.424. The lowest BCUT2D eigenvalue weighted by Gasteiger charge is -2.39. The molecule has 41 heavy (non-hydrogen) atoms. The maximum Gasteiger partial charge on any atom is 0.251 e. The van der Waals surface area contributed by atoms with Gasteiger partial charge in [0.15, 0.2) is 0 Å². The van der Waals surface area contributed by atoms with E-state index in [-0.39, 0.29) is 29.6 Å². The molecule has 214 valence electrons. The molecule has 4 aliphatic heterocycles. The predicted octanol–water partition coefficient (Wildman–Crippen LogP) is 4.05. The quantitative estimate of drug-likeness (QED) is 0.530. The van der Waals surface area contributed by atoms with Crippen LogP contribution in [-0.4, -0.2) is 74.9 Å². The Bertz CT molecular complexity index is 1400. The first-order valence-electron chi connectivity index (χ1n) is 14.5. The SMILES string of the molecule is CCCN1CC=C[C@H]2S[C@]34C=CCN(c5c(C)cccc5C)C(=O)C3N([C@H](CO)c3ccccc3)C(=O)[C@@H]4[C@H]2C1=O. The largest absolute Gasteiger partial charge is 0.394 e. The Morgan fingerprint density at radius 2 is 1.68 bits per heavy atom. The van der Waals surface area contributed by atoms with Crippen molar-refractivity contribution in [3.8, 4) is 0 Å². The summed E-state index contributed by atoms with van der Waals surface area (Å²) in [6.07, 6.45) is 8.96. The van der Waals surface area contributed by atoms with Gasteiger partial charge in [-0.1, -0.05) is 79.8 Å². The van der Waals surface area contributed by atoms with Crippen LogP contribution in [0.2, 0.25) is 0 Å². The number of hydrogen-bond acceptors (Lipinski definition) is 5. The van der Waals surface area contributed by atoms with Crippen LogP contribution in [0.15, 0.2) is 72.8 Å². The number of benzene rings is 2. The molecule has 6 rings (SSSR count). The number of hydrogen-bond donors (Lipinski definition) is 1. The number of aliphatic hydroxyl groups is 1. The molecule has 2 aromatic rings. The third-order valence-electron chi connectivity index (χ3n) is 9.08. The lowest BCUT2D eigenvalue weighted by Crippen LogP contribution is -2.54. The molecule has 2 aromatic carbocycles. The molecule has 0 radical (unpaired) electrons. The fourth-order valence-corrected chi connectivity index (χ4v) is 9.39. The van der Waals surface area contributed by atoms with Gasteiger partial charge < -0.3 is 19.8 Å². The lowest BCUT2D eigenvalue weighted by atomic mass is 9.78. The van der Waals surface area contributed by atoms with Gasteiger partial charge in [0.25, 0.3) is 5.91 Å². The molecule has 6 atom stereocenters. The minimum absolute atomic E-state index is 0.0258. The molecular formula is C33H37N3O4S. The Balaban J connectivity index is 1.53. The van der Waals surface area contributed by atoms with E-state index < -0.39 is 28.7 Å². The minimum atomic E-state index is -0.938. The third kappa shape index (κ3) is 4.26. The number of aryl methyl sites for hydroxylation is 2. The average molecular weight is 572 g/mol. The first-order chi connectivity index (χ1) is 19.8. The van der Waals surface area contributed by atoms with Crippen molar-refractivity contribution in [2.24, 2.45) is 11.8 Å². The van der Waals surface area contributed by atoms with Gasteiger partial charge in [-0.3, -0.25) is 14.4 Å². The number of amides is 3. The first-order valence-corrected chi connectivity index (χ1v) is 15.4. The molecule has 4 aliphatic rings. The van der Waals surface area contributed by atoms with Gasteiger partial charge in [0, 0.05) is 30.6 Å². The zero-order chi connectivity index (χ0) is 28.9. The van der Waals surface area contributed by atoms with E-state index in [1.807, 2.05) is 92.4 Å². The van der Waals surface area contributed by atoms with E-state index in [1.54, 1.807) is 21.6 Å². The molecule has 3 amide bonds. The zero-order valence-corrected chi connectivity index (χ0v) is 24.6. The predicted molar refractivity (Wildman–Crippen MR) is 161 cm³/mol. The summed E-state index contributed by atoms with van der Waals surface area (Å²) >= 11 is 1.57. The second-order valence-corrected chi connectivity index (χ2v) is 13.0. The monoisotopic (exact) mass is 571 g/mol. The van der Waals surface area contributed by atoms with Crippen LogP contribution in [-0.2, 0) is 14.4 Å². The molecular weight excluding hydrogens is 534 g/mol. The van der Waals surface area contributed by atoms with Crippen LogP contribution in [0.1, 0.15) is 36.1 Å². The van der Waals surface area contributed by atoms with Crippen molar-refractivity contribution in [3.05, 3.63) is 89.5 Å². The van der Waals surface area contributed by atoms with E-state index in [1.165, 1.54) is 0 Å². The third-order valence-corrected chi connectivity index (χ3v) is 10.8. The van der Waals surface area contributed by atoms with E-state index >= 15 is 0 Å². The van der Waals surface area contributed by atoms with E-state index in [0.29, 0.717) is 19.6 Å². The molecule has 1 spiro atoms. The second-order valence-electron chi connectivity index (χ2n) is 11.5. The van der Waals surface area contributed by atoms with Crippen LogP contribution in [0.4, 0.5) is 5.69 Å². The number of fused-ring (bicyclic) bond motifs is 2. The maximum absolute atomic E-state index is 14.9. The molecule has 2 fully saturated rings. The highest BCUT2D eigenvalue weighted by Gasteiger charge is 2.72. The van der Waals surface area contributed by atoms with Crippen molar-refractivity contribution >= 4 is 35.2 Å². The molecule has 1 unspecified atom stereocenters. The number of aliphatic hydroxyl groups excluding tert-OH is 1. The number of likely N-dealkylation sites (tertiary alicyclic amines) is 1. The molecule has 4 heterocycles. The van der Waals surface area contributed by atoms with Gasteiger partial charge >= 0.3 is 0 Å². The van der Waals surface area contributed by atoms with Gasteiger partial charge in [-0.15, -0.1) is 11.8 Å². The fourth-order valence-electron chi connectivity index (χ4n) is 7.40. The van der Waals surface area contributed by atoms with Crippen LogP contribution in [0, 0.1) is 25.7 Å². The Morgan fingerprint density at radius 1 is 0.951 bits per heavy atom. The summed E-state index contributed by atoms with van der Waals surface area (Å²) in [5.74, 6) is -1.73. The van der Waals surface area contributed by atoms with Gasteiger partial charge in [-0.25, -0.2) is 0 Å². The molecule has 0 saturated carbocycles. The summed E-state index contributed by atoms with van der Waals surface area (Å²) in [6.45, 7) is 7.22. The van der Waals surface area contributed by atoms with Gasteiger partial charge in [-0.2, -0.15) is 0 Å². The number of rotatable bonds is 6. The molecule has 0 bridgehead atoms. The number of carbonyl (C=O) groups is 3. The van der Waals surface area contributed by atoms with E-state index in [2.05, 4.69) is 6.08 Å². The number of para-hydroxylation sites is 1. The van der Waals surface area contributed by atoms with Crippen molar-refractivity contribution in [1.29, 1.82) is 0 Å². The van der Waals surface area contributed by atoms with Gasteiger partial charge in [0.05, 0.1) is 29.2 Å². The molecule has 7 nitrogen and oxygen atoms in total. The highest BCUT2D eigenvalue weighted by Crippen LogP contribution is 2.62. The Labute approximate surface area is 245 Å². The number of carbonyl (C=O) groups excluding carboxylic acids is 3. The van der Waals surface area contributed by atoms with Crippen LogP contribution in [0.3, 0.4) is 0 Å². The lowest BCUT2D eigenvalue weighted by molar-refractivity contribution is -0.144. The Hall–Kier alpha value is -3.36. The molecule has 0 aromatic heterocycles. The molecule has 8 heteroatoms. The first kappa shape index (κ1) is 27.8. The van der Waals surface area contributed by atoms with Crippen LogP contribution >= 0.6 is 11.8 Å². The number of anilines is 1. The highest BCUT2D eigenvalue weighted by atomic mass is 32.2. The average Bonchev–Trinajstić information content (AvgIpc) is 3.28. The smallest absolute Gasteiger partial charge is 0.251 e. The van der Waals surface area contributed by atoms with Crippen molar-refractivity contribution in [2.45, 2.75) is 49.3 Å². The summed E-state index contributed by atoms with van der Waals surface area (Å²) in [6, 6.07) is 13.8. The van der Waals surface area contributed by atoms with E-state index in [9.17, 15) is 19.5 Å². The minimum Gasteiger partial charge on any atom is -0.394 e. The summed E-state index contributed by atoms with van der Waals surface area (Å²) in [4.78, 5) is 48.9. The van der Waals surface area contributed by atoms with Crippen LogP contribution < -0.4 is 4.90 Å². The Kier molecular flexibility index (Phi) is 7.32.